The minimum Gasteiger partial charge on any atom is -0.429 e. The van der Waals surface area contributed by atoms with Gasteiger partial charge in [-0.3, -0.25) is 9.59 Å². The van der Waals surface area contributed by atoms with Crippen LogP contribution in [0, 0.1) is 6.92 Å². The summed E-state index contributed by atoms with van der Waals surface area (Å²) in [6.07, 6.45) is 0.166. The third-order valence-electron chi connectivity index (χ3n) is 6.14. The molecule has 1 amide bonds. The summed E-state index contributed by atoms with van der Waals surface area (Å²) >= 11 is 5.93. The molecule has 3 aromatic rings. The molecule has 3 rings (SSSR count). The highest BCUT2D eigenvalue weighted by molar-refractivity contribution is 6.30. The van der Waals surface area contributed by atoms with Crippen LogP contribution in [0.4, 0.5) is 4.79 Å². The minimum absolute atomic E-state index is 0.0545. The SMILES string of the molecule is Cc1cc(CC(=O)N[C@@H](CCCCN)C(=O)OC(=O)OCc2ccccc2)n(C)c1C(=O)c1ccc(Cl)cc1. The molecular formula is C29H32ClN3O6. The average Bonchev–Trinajstić information content (AvgIpc) is 3.19. The molecule has 39 heavy (non-hydrogen) atoms. The van der Waals surface area contributed by atoms with Gasteiger partial charge in [0.2, 0.25) is 11.7 Å². The number of aryl methyl sites for hydroxylation is 1. The second-order valence-electron chi connectivity index (χ2n) is 9.09. The number of unbranched alkanes of at least 4 members (excludes halogenated alkanes) is 1. The van der Waals surface area contributed by atoms with E-state index in [9.17, 15) is 19.2 Å². The Balaban J connectivity index is 1.64. The van der Waals surface area contributed by atoms with Gasteiger partial charge in [-0.05, 0) is 74.2 Å². The summed E-state index contributed by atoms with van der Waals surface area (Å²) in [7, 11) is 1.70. The Morgan fingerprint density at radius 3 is 2.38 bits per heavy atom. The van der Waals surface area contributed by atoms with Crippen molar-refractivity contribution in [3.05, 3.63) is 93.8 Å². The number of ketones is 1. The van der Waals surface area contributed by atoms with Crippen LogP contribution in [0.2, 0.25) is 5.02 Å². The number of nitrogens with zero attached hydrogens (tertiary/aromatic N) is 1. The van der Waals surface area contributed by atoms with Gasteiger partial charge >= 0.3 is 12.1 Å². The Morgan fingerprint density at radius 2 is 1.72 bits per heavy atom. The number of nitrogens with two attached hydrogens (primary N) is 1. The zero-order chi connectivity index (χ0) is 28.4. The molecule has 0 bridgehead atoms. The lowest BCUT2D eigenvalue weighted by molar-refractivity contribution is -0.144. The van der Waals surface area contributed by atoms with Crippen LogP contribution in [-0.4, -0.2) is 41.0 Å². The Labute approximate surface area is 232 Å². The highest BCUT2D eigenvalue weighted by atomic mass is 35.5. The van der Waals surface area contributed by atoms with Gasteiger partial charge in [0.15, 0.2) is 0 Å². The van der Waals surface area contributed by atoms with Crippen molar-refractivity contribution in [2.75, 3.05) is 6.54 Å². The van der Waals surface area contributed by atoms with Crippen molar-refractivity contribution < 1.29 is 28.7 Å². The van der Waals surface area contributed by atoms with Crippen molar-refractivity contribution in [2.45, 2.75) is 45.3 Å². The van der Waals surface area contributed by atoms with Gasteiger partial charge in [0.05, 0.1) is 12.1 Å². The van der Waals surface area contributed by atoms with Crippen molar-refractivity contribution in [2.24, 2.45) is 12.8 Å². The van der Waals surface area contributed by atoms with Crippen LogP contribution in [0.5, 0.6) is 0 Å². The van der Waals surface area contributed by atoms with E-state index in [0.29, 0.717) is 46.9 Å². The number of rotatable bonds is 12. The molecule has 0 aliphatic heterocycles. The van der Waals surface area contributed by atoms with Crippen LogP contribution < -0.4 is 11.1 Å². The van der Waals surface area contributed by atoms with Crippen molar-refractivity contribution in [3.8, 4) is 0 Å². The fourth-order valence-electron chi connectivity index (χ4n) is 4.11. The number of amides is 1. The molecule has 3 N–H and O–H groups in total. The number of hydrogen-bond donors (Lipinski definition) is 2. The van der Waals surface area contributed by atoms with Crippen LogP contribution in [-0.2, 0) is 39.1 Å². The average molecular weight is 554 g/mol. The van der Waals surface area contributed by atoms with E-state index in [-0.39, 0.29) is 25.2 Å². The largest absolute Gasteiger partial charge is 0.516 e. The molecular weight excluding hydrogens is 522 g/mol. The van der Waals surface area contributed by atoms with E-state index in [0.717, 1.165) is 5.56 Å². The van der Waals surface area contributed by atoms with Crippen molar-refractivity contribution in [1.29, 1.82) is 0 Å². The highest BCUT2D eigenvalue weighted by Gasteiger charge is 2.26. The molecule has 0 saturated carbocycles. The third kappa shape index (κ3) is 8.53. The number of benzene rings is 2. The number of ether oxygens (including phenoxy) is 2. The van der Waals surface area contributed by atoms with Gasteiger partial charge in [-0.1, -0.05) is 41.9 Å². The van der Waals surface area contributed by atoms with E-state index in [1.807, 2.05) is 6.07 Å². The van der Waals surface area contributed by atoms with Crippen LogP contribution in [0.3, 0.4) is 0 Å². The topological polar surface area (TPSA) is 130 Å². The Kier molecular flexibility index (Phi) is 10.8. The van der Waals surface area contributed by atoms with Gasteiger partial charge < -0.3 is 25.1 Å². The summed E-state index contributed by atoms with van der Waals surface area (Å²) in [4.78, 5) is 50.8. The van der Waals surface area contributed by atoms with Gasteiger partial charge in [-0.2, -0.15) is 0 Å². The summed E-state index contributed by atoms with van der Waals surface area (Å²) in [5.41, 5.74) is 8.51. The van der Waals surface area contributed by atoms with Crippen molar-refractivity contribution >= 4 is 35.4 Å². The van der Waals surface area contributed by atoms with Crippen LogP contribution in [0.1, 0.15) is 52.1 Å². The molecule has 1 atom stereocenters. The molecule has 9 nitrogen and oxygen atoms in total. The maximum atomic E-state index is 13.1. The first-order valence-corrected chi connectivity index (χ1v) is 12.9. The Morgan fingerprint density at radius 1 is 1.03 bits per heavy atom. The first kappa shape index (κ1) is 29.6. The standard InChI is InChI=1S/C29H32ClN3O6/c1-19-16-23(33(2)26(19)27(35)21-11-13-22(30)14-12-21)17-25(34)32-24(10-6-7-15-31)28(36)39-29(37)38-18-20-8-4-3-5-9-20/h3-5,8-9,11-14,16,24H,6-7,10,15,17-18,31H2,1-2H3,(H,32,34)/t24-/m0/s1. The number of carbonyl (C=O) groups excluding carboxylic acids is 4. The lowest BCUT2D eigenvalue weighted by Crippen LogP contribution is -2.43. The molecule has 10 heteroatoms. The van der Waals surface area contributed by atoms with Crippen molar-refractivity contribution in [1.82, 2.24) is 9.88 Å². The molecule has 0 radical (unpaired) electrons. The molecule has 1 heterocycles. The quantitative estimate of drug-likeness (QED) is 0.148. The normalized spacial score (nSPS) is 11.5. The zero-order valence-electron chi connectivity index (χ0n) is 21.9. The Bertz CT molecular complexity index is 1300. The molecule has 0 spiro atoms. The van der Waals surface area contributed by atoms with E-state index < -0.39 is 24.1 Å². The predicted octanol–water partition coefficient (Wildman–Crippen LogP) is 4.25. The van der Waals surface area contributed by atoms with Gasteiger partial charge in [0.25, 0.3) is 0 Å². The zero-order valence-corrected chi connectivity index (χ0v) is 22.7. The van der Waals surface area contributed by atoms with Crippen LogP contribution in [0.25, 0.3) is 0 Å². The fraction of sp³-hybridized carbons (Fsp3) is 0.310. The molecule has 0 aliphatic carbocycles. The second-order valence-corrected chi connectivity index (χ2v) is 9.53. The van der Waals surface area contributed by atoms with E-state index >= 15 is 0 Å². The maximum Gasteiger partial charge on any atom is 0.516 e. The van der Waals surface area contributed by atoms with E-state index in [4.69, 9.17) is 26.8 Å². The van der Waals surface area contributed by atoms with Gasteiger partial charge in [0, 0.05) is 23.3 Å². The lowest BCUT2D eigenvalue weighted by atomic mass is 10.1. The summed E-state index contributed by atoms with van der Waals surface area (Å²) in [6, 6.07) is 16.2. The first-order valence-electron chi connectivity index (χ1n) is 12.6. The molecule has 206 valence electrons. The third-order valence-corrected chi connectivity index (χ3v) is 6.39. The fourth-order valence-corrected chi connectivity index (χ4v) is 4.24. The van der Waals surface area contributed by atoms with E-state index in [2.05, 4.69) is 5.32 Å². The van der Waals surface area contributed by atoms with Crippen LogP contribution >= 0.6 is 11.6 Å². The first-order chi connectivity index (χ1) is 18.7. The van der Waals surface area contributed by atoms with E-state index in [1.54, 1.807) is 73.1 Å². The van der Waals surface area contributed by atoms with Gasteiger partial charge in [-0.15, -0.1) is 0 Å². The summed E-state index contributed by atoms with van der Waals surface area (Å²) < 4.78 is 11.5. The molecule has 2 aromatic carbocycles. The van der Waals surface area contributed by atoms with Gasteiger partial charge in [-0.25, -0.2) is 9.59 Å². The molecule has 0 saturated heterocycles. The number of esters is 1. The second kappa shape index (κ2) is 14.3. The smallest absolute Gasteiger partial charge is 0.429 e. The molecule has 1 aromatic heterocycles. The maximum absolute atomic E-state index is 13.1. The molecule has 0 fully saturated rings. The number of nitrogens with one attached hydrogen (secondary N) is 1. The number of hydrogen-bond acceptors (Lipinski definition) is 7. The lowest BCUT2D eigenvalue weighted by Gasteiger charge is -2.17. The number of halogens is 1. The van der Waals surface area contributed by atoms with Crippen LogP contribution in [0.15, 0.2) is 60.7 Å². The summed E-state index contributed by atoms with van der Waals surface area (Å²) in [5, 5.41) is 3.18. The predicted molar refractivity (Wildman–Crippen MR) is 146 cm³/mol. The number of carbonyl (C=O) groups is 4. The minimum atomic E-state index is -1.15. The highest BCUT2D eigenvalue weighted by Crippen LogP contribution is 2.20. The molecule has 0 aliphatic rings. The van der Waals surface area contributed by atoms with Gasteiger partial charge in [0.1, 0.15) is 12.6 Å². The summed E-state index contributed by atoms with van der Waals surface area (Å²) in [5.74, 6) is -1.58. The monoisotopic (exact) mass is 553 g/mol. The summed E-state index contributed by atoms with van der Waals surface area (Å²) in [6.45, 7) is 2.15. The number of aromatic nitrogens is 1. The Hall–Kier alpha value is -3.95. The van der Waals surface area contributed by atoms with Crippen molar-refractivity contribution in [3.63, 3.8) is 0 Å². The van der Waals surface area contributed by atoms with E-state index in [1.165, 1.54) is 0 Å². The molecule has 0 unspecified atom stereocenters.